The zero-order valence-electron chi connectivity index (χ0n) is 15.7. The lowest BCUT2D eigenvalue weighted by Gasteiger charge is -2.23. The molecule has 0 bridgehead atoms. The lowest BCUT2D eigenvalue weighted by Crippen LogP contribution is -2.45. The molecule has 1 aliphatic heterocycles. The maximum Gasteiger partial charge on any atom is 0.243 e. The second kappa shape index (κ2) is 8.14. The minimum absolute atomic E-state index is 0.211. The number of carbonyl (C=O) groups excluding carboxylic acids is 1. The molecule has 29 heavy (non-hydrogen) atoms. The Morgan fingerprint density at radius 3 is 2.55 bits per heavy atom. The molecule has 4 rings (SSSR count). The summed E-state index contributed by atoms with van der Waals surface area (Å²) in [5, 5.41) is 6.94. The second-order valence-corrected chi connectivity index (χ2v) is 8.70. The van der Waals surface area contributed by atoms with Gasteiger partial charge in [0.15, 0.2) is 0 Å². The van der Waals surface area contributed by atoms with E-state index in [9.17, 15) is 13.2 Å². The lowest BCUT2D eigenvalue weighted by atomic mass is 10.2. The number of carbonyl (C=O) groups is 1. The summed E-state index contributed by atoms with van der Waals surface area (Å²) in [4.78, 5) is 16.8. The second-order valence-electron chi connectivity index (χ2n) is 6.81. The molecule has 1 unspecified atom stereocenters. The number of nitrogens with zero attached hydrogens (tertiary/aromatic N) is 4. The van der Waals surface area contributed by atoms with Gasteiger partial charge < -0.3 is 5.32 Å². The van der Waals surface area contributed by atoms with E-state index in [2.05, 4.69) is 15.4 Å². The van der Waals surface area contributed by atoms with E-state index in [0.29, 0.717) is 25.9 Å². The number of amides is 1. The summed E-state index contributed by atoms with van der Waals surface area (Å²) in [6.45, 7) is 0.675. The fourth-order valence-electron chi connectivity index (χ4n) is 3.43. The van der Waals surface area contributed by atoms with Crippen LogP contribution in [0.5, 0.6) is 0 Å². The summed E-state index contributed by atoms with van der Waals surface area (Å²) in [6.07, 6.45) is 4.25. The number of sulfonamides is 1. The van der Waals surface area contributed by atoms with Crippen molar-refractivity contribution in [2.45, 2.75) is 30.3 Å². The molecule has 1 fully saturated rings. The molecule has 9 heteroatoms. The molecule has 3 aromatic rings. The molecule has 1 N–H and O–H groups in total. The third-order valence-corrected chi connectivity index (χ3v) is 6.86. The predicted molar refractivity (Wildman–Crippen MR) is 107 cm³/mol. The van der Waals surface area contributed by atoms with Crippen LogP contribution in [0, 0.1) is 0 Å². The molecule has 0 radical (unpaired) electrons. The summed E-state index contributed by atoms with van der Waals surface area (Å²) in [5.74, 6) is -0.276. The quantitative estimate of drug-likeness (QED) is 0.666. The zero-order chi connectivity index (χ0) is 20.3. The first-order chi connectivity index (χ1) is 14.1. The van der Waals surface area contributed by atoms with E-state index in [4.69, 9.17) is 0 Å². The Hall–Kier alpha value is -3.04. The van der Waals surface area contributed by atoms with Gasteiger partial charge in [0.25, 0.3) is 0 Å². The monoisotopic (exact) mass is 411 g/mol. The van der Waals surface area contributed by atoms with Gasteiger partial charge in [-0.15, -0.1) is 0 Å². The third-order valence-electron chi connectivity index (χ3n) is 4.94. The fraction of sp³-hybridized carbons (Fsp3) is 0.250. The normalized spacial score (nSPS) is 17.3. The van der Waals surface area contributed by atoms with Crippen LogP contribution in [0.3, 0.4) is 0 Å². The average molecular weight is 411 g/mol. The molecule has 150 valence electrons. The first-order valence-electron chi connectivity index (χ1n) is 9.34. The zero-order valence-corrected chi connectivity index (χ0v) is 16.5. The highest BCUT2D eigenvalue weighted by Gasteiger charge is 2.39. The van der Waals surface area contributed by atoms with Crippen molar-refractivity contribution in [3.8, 4) is 5.69 Å². The fourth-order valence-corrected chi connectivity index (χ4v) is 5.11. The predicted octanol–water partition coefficient (Wildman–Crippen LogP) is 1.74. The maximum atomic E-state index is 12.9. The number of hydrogen-bond acceptors (Lipinski definition) is 5. The molecule has 2 aromatic carbocycles. The van der Waals surface area contributed by atoms with Crippen molar-refractivity contribution in [1.82, 2.24) is 24.4 Å². The smallest absolute Gasteiger partial charge is 0.243 e. The Bertz CT molecular complexity index is 1070. The molecule has 0 saturated carbocycles. The van der Waals surface area contributed by atoms with Crippen molar-refractivity contribution >= 4 is 15.9 Å². The van der Waals surface area contributed by atoms with Crippen molar-refractivity contribution in [2.75, 3.05) is 6.54 Å². The van der Waals surface area contributed by atoms with Crippen LogP contribution < -0.4 is 5.32 Å². The van der Waals surface area contributed by atoms with Crippen LogP contribution in [0.25, 0.3) is 5.69 Å². The minimum Gasteiger partial charge on any atom is -0.351 e. The van der Waals surface area contributed by atoms with Crippen molar-refractivity contribution in [1.29, 1.82) is 0 Å². The lowest BCUT2D eigenvalue weighted by molar-refractivity contribution is -0.124. The minimum atomic E-state index is -3.69. The summed E-state index contributed by atoms with van der Waals surface area (Å²) in [7, 11) is -3.69. The summed E-state index contributed by atoms with van der Waals surface area (Å²) in [5.41, 5.74) is 1.78. The van der Waals surface area contributed by atoms with E-state index in [1.54, 1.807) is 41.3 Å². The van der Waals surface area contributed by atoms with Gasteiger partial charge in [0.05, 0.1) is 10.6 Å². The molecule has 1 atom stereocenters. The number of hydrogen-bond donors (Lipinski definition) is 1. The van der Waals surface area contributed by atoms with Crippen LogP contribution in [0.1, 0.15) is 18.4 Å². The molecule has 8 nitrogen and oxygen atoms in total. The molecule has 1 aliphatic rings. The summed E-state index contributed by atoms with van der Waals surface area (Å²) >= 11 is 0. The van der Waals surface area contributed by atoms with Crippen molar-refractivity contribution in [3.63, 3.8) is 0 Å². The van der Waals surface area contributed by atoms with Crippen LogP contribution in [-0.2, 0) is 21.4 Å². The molecule has 0 spiro atoms. The SMILES string of the molecule is O=C(NCc1ccc(-n2cncn2)cc1)C1CCCN1S(=O)(=O)c1ccccc1. The van der Waals surface area contributed by atoms with Crippen molar-refractivity contribution < 1.29 is 13.2 Å². The van der Waals surface area contributed by atoms with Gasteiger partial charge in [-0.1, -0.05) is 30.3 Å². The Morgan fingerprint density at radius 2 is 1.86 bits per heavy atom. The van der Waals surface area contributed by atoms with Gasteiger partial charge in [0, 0.05) is 13.1 Å². The summed E-state index contributed by atoms with van der Waals surface area (Å²) < 4.78 is 28.8. The number of rotatable bonds is 6. The summed E-state index contributed by atoms with van der Waals surface area (Å²) in [6, 6.07) is 15.1. The Kier molecular flexibility index (Phi) is 5.41. The van der Waals surface area contributed by atoms with Gasteiger partial charge in [-0.2, -0.15) is 9.40 Å². The Labute approximate surface area is 169 Å². The maximum absolute atomic E-state index is 12.9. The number of aromatic nitrogens is 3. The molecular weight excluding hydrogens is 390 g/mol. The highest BCUT2D eigenvalue weighted by molar-refractivity contribution is 7.89. The standard InChI is InChI=1S/C20H21N5O3S/c26-20(22-13-16-8-10-17(11-9-16)24-15-21-14-23-24)19-7-4-12-25(19)29(27,28)18-5-2-1-3-6-18/h1-3,5-6,8-11,14-15,19H,4,7,12-13H2,(H,22,26). The van der Waals surface area contributed by atoms with E-state index < -0.39 is 16.1 Å². The van der Waals surface area contributed by atoms with E-state index >= 15 is 0 Å². The van der Waals surface area contributed by atoms with Gasteiger partial charge in [-0.05, 0) is 42.7 Å². The first-order valence-corrected chi connectivity index (χ1v) is 10.8. The number of benzene rings is 2. The van der Waals surface area contributed by atoms with Crippen LogP contribution in [0.15, 0.2) is 72.1 Å². The average Bonchev–Trinajstić information content (AvgIpc) is 3.45. The molecular formula is C20H21N5O3S. The molecule has 2 heterocycles. The van der Waals surface area contributed by atoms with Crippen molar-refractivity contribution in [3.05, 3.63) is 72.8 Å². The van der Waals surface area contributed by atoms with E-state index in [-0.39, 0.29) is 10.8 Å². The molecule has 1 aromatic heterocycles. The third kappa shape index (κ3) is 4.06. The van der Waals surface area contributed by atoms with E-state index in [1.807, 2.05) is 24.3 Å². The molecule has 0 aliphatic carbocycles. The van der Waals surface area contributed by atoms with Crippen LogP contribution in [0.4, 0.5) is 0 Å². The number of nitrogens with one attached hydrogen (secondary N) is 1. The van der Waals surface area contributed by atoms with E-state index in [0.717, 1.165) is 11.3 Å². The largest absolute Gasteiger partial charge is 0.351 e. The van der Waals surface area contributed by atoms with Crippen LogP contribution in [0.2, 0.25) is 0 Å². The van der Waals surface area contributed by atoms with Crippen molar-refractivity contribution in [2.24, 2.45) is 0 Å². The van der Waals surface area contributed by atoms with Gasteiger partial charge in [-0.25, -0.2) is 18.1 Å². The van der Waals surface area contributed by atoms with E-state index in [1.165, 1.54) is 10.6 Å². The van der Waals surface area contributed by atoms with Crippen LogP contribution in [-0.4, -0.2) is 46.0 Å². The van der Waals surface area contributed by atoms with Gasteiger partial charge >= 0.3 is 0 Å². The molecule has 1 saturated heterocycles. The highest BCUT2D eigenvalue weighted by Crippen LogP contribution is 2.26. The van der Waals surface area contributed by atoms with Crippen LogP contribution >= 0.6 is 0 Å². The topological polar surface area (TPSA) is 97.2 Å². The Morgan fingerprint density at radius 1 is 1.10 bits per heavy atom. The Balaban J connectivity index is 1.41. The van der Waals surface area contributed by atoms with Gasteiger partial charge in [-0.3, -0.25) is 4.79 Å². The first kappa shape index (κ1) is 19.3. The molecule has 1 amide bonds. The van der Waals surface area contributed by atoms with Gasteiger partial charge in [0.2, 0.25) is 15.9 Å². The highest BCUT2D eigenvalue weighted by atomic mass is 32.2. The van der Waals surface area contributed by atoms with Gasteiger partial charge in [0.1, 0.15) is 18.7 Å².